The number of fused-ring (bicyclic) bond motifs is 1. The van der Waals surface area contributed by atoms with Crippen molar-refractivity contribution < 1.29 is 4.79 Å². The molecule has 3 N–H and O–H groups in total. The number of rotatable bonds is 2. The van der Waals surface area contributed by atoms with Gasteiger partial charge in [0.1, 0.15) is 0 Å². The van der Waals surface area contributed by atoms with Crippen molar-refractivity contribution >= 4 is 16.8 Å². The molecule has 112 valence electrons. The summed E-state index contributed by atoms with van der Waals surface area (Å²) in [6.07, 6.45) is 3.19. The average molecular weight is 285 g/mol. The summed E-state index contributed by atoms with van der Waals surface area (Å²) >= 11 is 0. The first kappa shape index (κ1) is 14.1. The second-order valence-corrected chi connectivity index (χ2v) is 5.99. The number of amides is 1. The molecule has 0 spiro atoms. The molecule has 1 unspecified atom stereocenters. The molecule has 1 amide bonds. The monoisotopic (exact) mass is 285 g/mol. The van der Waals surface area contributed by atoms with Crippen LogP contribution in [-0.4, -0.2) is 30.0 Å². The number of aromatic amines is 1. The zero-order chi connectivity index (χ0) is 14.8. The lowest BCUT2D eigenvalue weighted by Crippen LogP contribution is -2.35. The fourth-order valence-corrected chi connectivity index (χ4v) is 3.03. The highest BCUT2D eigenvalue weighted by atomic mass is 16.1. The molecule has 2 aromatic rings. The highest BCUT2D eigenvalue weighted by Crippen LogP contribution is 2.22. The van der Waals surface area contributed by atoms with Gasteiger partial charge in [0.25, 0.3) is 5.91 Å². The maximum atomic E-state index is 12.4. The molecule has 1 aliphatic rings. The van der Waals surface area contributed by atoms with E-state index in [4.69, 9.17) is 0 Å². The predicted octanol–water partition coefficient (Wildman–Crippen LogP) is 2.66. The second-order valence-electron chi connectivity index (χ2n) is 5.99. The lowest BCUT2D eigenvalue weighted by Gasteiger charge is -2.16. The van der Waals surface area contributed by atoms with Gasteiger partial charge in [0.15, 0.2) is 0 Å². The molecular weight excluding hydrogens is 262 g/mol. The van der Waals surface area contributed by atoms with Crippen LogP contribution in [-0.2, 0) is 0 Å². The van der Waals surface area contributed by atoms with Gasteiger partial charge in [0.2, 0.25) is 0 Å². The minimum absolute atomic E-state index is 0.0436. The Morgan fingerprint density at radius 1 is 1.24 bits per heavy atom. The number of hydrogen-bond acceptors (Lipinski definition) is 2. The number of carbonyl (C=O) groups is 1. The maximum Gasteiger partial charge on any atom is 0.251 e. The normalized spacial score (nSPS) is 19.4. The Bertz CT molecular complexity index is 651. The number of aryl methyl sites for hydroxylation is 2. The number of aromatic nitrogens is 1. The summed E-state index contributed by atoms with van der Waals surface area (Å²) in [5.74, 6) is 0.0436. The van der Waals surface area contributed by atoms with Crippen LogP contribution in [0.5, 0.6) is 0 Å². The zero-order valence-corrected chi connectivity index (χ0v) is 12.8. The van der Waals surface area contributed by atoms with Gasteiger partial charge in [0, 0.05) is 28.2 Å². The smallest absolute Gasteiger partial charge is 0.251 e. The number of carbonyl (C=O) groups excluding carboxylic acids is 1. The van der Waals surface area contributed by atoms with Crippen LogP contribution in [0, 0.1) is 13.8 Å². The number of H-pyrrole nitrogens is 1. The van der Waals surface area contributed by atoms with Crippen LogP contribution in [0.3, 0.4) is 0 Å². The Labute approximate surface area is 125 Å². The van der Waals surface area contributed by atoms with E-state index in [1.165, 1.54) is 5.56 Å². The molecule has 1 atom stereocenters. The third-order valence-corrected chi connectivity index (χ3v) is 4.48. The Hall–Kier alpha value is -1.81. The first-order valence-corrected chi connectivity index (χ1v) is 7.75. The van der Waals surface area contributed by atoms with Crippen LogP contribution in [0.25, 0.3) is 10.9 Å². The van der Waals surface area contributed by atoms with E-state index in [-0.39, 0.29) is 11.9 Å². The van der Waals surface area contributed by atoms with E-state index in [1.54, 1.807) is 0 Å². The number of hydrogen-bond donors (Lipinski definition) is 3. The van der Waals surface area contributed by atoms with Crippen molar-refractivity contribution in [3.63, 3.8) is 0 Å². The topological polar surface area (TPSA) is 56.9 Å². The Kier molecular flexibility index (Phi) is 3.97. The maximum absolute atomic E-state index is 12.4. The van der Waals surface area contributed by atoms with E-state index in [9.17, 15) is 4.79 Å². The Balaban J connectivity index is 1.79. The molecule has 1 aromatic carbocycles. The van der Waals surface area contributed by atoms with Gasteiger partial charge in [0.05, 0.1) is 0 Å². The molecule has 4 nitrogen and oxygen atoms in total. The first-order chi connectivity index (χ1) is 10.1. The molecular formula is C17H23N3O. The van der Waals surface area contributed by atoms with Gasteiger partial charge >= 0.3 is 0 Å². The summed E-state index contributed by atoms with van der Waals surface area (Å²) in [6, 6.07) is 6.19. The first-order valence-electron chi connectivity index (χ1n) is 7.75. The quantitative estimate of drug-likeness (QED) is 0.794. The van der Waals surface area contributed by atoms with E-state index < -0.39 is 0 Å². The van der Waals surface area contributed by atoms with Crippen molar-refractivity contribution in [3.8, 4) is 0 Å². The van der Waals surface area contributed by atoms with Crippen molar-refractivity contribution in [3.05, 3.63) is 35.0 Å². The van der Waals surface area contributed by atoms with Crippen LogP contribution in [0.4, 0.5) is 0 Å². The standard InChI is InChI=1S/C17H23N3O/c1-11-12(2)19-16-6-5-13(10-15(11)16)17(21)20-14-4-3-8-18-9-7-14/h5-6,10,14,18-19H,3-4,7-9H2,1-2H3,(H,20,21). The summed E-state index contributed by atoms with van der Waals surface area (Å²) in [5.41, 5.74) is 4.23. The van der Waals surface area contributed by atoms with E-state index in [2.05, 4.69) is 29.5 Å². The molecule has 0 saturated carbocycles. The summed E-state index contributed by atoms with van der Waals surface area (Å²) in [6.45, 7) is 6.20. The fraction of sp³-hybridized carbons (Fsp3) is 0.471. The molecule has 1 aliphatic heterocycles. The van der Waals surface area contributed by atoms with Gasteiger partial charge in [-0.25, -0.2) is 0 Å². The fourth-order valence-electron chi connectivity index (χ4n) is 3.03. The Morgan fingerprint density at radius 3 is 2.95 bits per heavy atom. The SMILES string of the molecule is Cc1[nH]c2ccc(C(=O)NC3CCCNCC3)cc2c1C. The van der Waals surface area contributed by atoms with Crippen LogP contribution in [0.15, 0.2) is 18.2 Å². The lowest BCUT2D eigenvalue weighted by molar-refractivity contribution is 0.0934. The van der Waals surface area contributed by atoms with Crippen molar-refractivity contribution in [2.24, 2.45) is 0 Å². The average Bonchev–Trinajstić information content (AvgIpc) is 2.67. The minimum Gasteiger partial charge on any atom is -0.358 e. The van der Waals surface area contributed by atoms with Gasteiger partial charge in [-0.2, -0.15) is 0 Å². The highest BCUT2D eigenvalue weighted by molar-refractivity contribution is 5.99. The van der Waals surface area contributed by atoms with Crippen molar-refractivity contribution in [1.82, 2.24) is 15.6 Å². The van der Waals surface area contributed by atoms with Crippen molar-refractivity contribution in [1.29, 1.82) is 0 Å². The predicted molar refractivity (Wildman–Crippen MR) is 85.7 cm³/mol. The molecule has 0 aliphatic carbocycles. The van der Waals surface area contributed by atoms with Gasteiger partial charge < -0.3 is 15.6 Å². The largest absolute Gasteiger partial charge is 0.358 e. The van der Waals surface area contributed by atoms with E-state index >= 15 is 0 Å². The minimum atomic E-state index is 0.0436. The molecule has 21 heavy (non-hydrogen) atoms. The van der Waals surface area contributed by atoms with Crippen molar-refractivity contribution in [2.75, 3.05) is 13.1 Å². The van der Waals surface area contributed by atoms with Gasteiger partial charge in [-0.1, -0.05) is 0 Å². The van der Waals surface area contributed by atoms with E-state index in [1.807, 2.05) is 18.2 Å². The third-order valence-electron chi connectivity index (χ3n) is 4.48. The zero-order valence-electron chi connectivity index (χ0n) is 12.8. The molecule has 2 heterocycles. The molecule has 0 radical (unpaired) electrons. The lowest BCUT2D eigenvalue weighted by atomic mass is 10.1. The number of nitrogens with one attached hydrogen (secondary N) is 3. The van der Waals surface area contributed by atoms with Gasteiger partial charge in [-0.3, -0.25) is 4.79 Å². The third kappa shape index (κ3) is 2.95. The van der Waals surface area contributed by atoms with Crippen molar-refractivity contribution in [2.45, 2.75) is 39.2 Å². The molecule has 1 fully saturated rings. The van der Waals surface area contributed by atoms with Crippen LogP contribution in [0.1, 0.15) is 40.9 Å². The van der Waals surface area contributed by atoms with Gasteiger partial charge in [-0.05, 0) is 70.0 Å². The van der Waals surface area contributed by atoms with Crippen LogP contribution < -0.4 is 10.6 Å². The molecule has 4 heteroatoms. The molecule has 1 aromatic heterocycles. The highest BCUT2D eigenvalue weighted by Gasteiger charge is 2.16. The van der Waals surface area contributed by atoms with Gasteiger partial charge in [-0.15, -0.1) is 0 Å². The Morgan fingerprint density at radius 2 is 2.10 bits per heavy atom. The summed E-state index contributed by atoms with van der Waals surface area (Å²) in [5, 5.41) is 7.69. The van der Waals surface area contributed by atoms with E-state index in [0.29, 0.717) is 0 Å². The van der Waals surface area contributed by atoms with Crippen LogP contribution >= 0.6 is 0 Å². The molecule has 3 rings (SSSR count). The van der Waals surface area contributed by atoms with Crippen LogP contribution in [0.2, 0.25) is 0 Å². The summed E-state index contributed by atoms with van der Waals surface area (Å²) < 4.78 is 0. The second kappa shape index (κ2) is 5.90. The molecule has 0 bridgehead atoms. The summed E-state index contributed by atoms with van der Waals surface area (Å²) in [7, 11) is 0. The molecule has 1 saturated heterocycles. The van der Waals surface area contributed by atoms with E-state index in [0.717, 1.165) is 54.5 Å². The number of benzene rings is 1. The summed E-state index contributed by atoms with van der Waals surface area (Å²) in [4.78, 5) is 15.8.